The number of anilines is 1. The molecule has 0 radical (unpaired) electrons. The zero-order chi connectivity index (χ0) is 16.1. The first kappa shape index (κ1) is 15.8. The predicted octanol–water partition coefficient (Wildman–Crippen LogP) is 2.73. The number of nitrogens with zero attached hydrogens (tertiary/aromatic N) is 1. The highest BCUT2D eigenvalue weighted by molar-refractivity contribution is 6.01. The average Bonchev–Trinajstić information content (AvgIpc) is 2.47. The minimum atomic E-state index is -0.0502. The van der Waals surface area contributed by atoms with Crippen molar-refractivity contribution < 1.29 is 4.74 Å². The fourth-order valence-electron chi connectivity index (χ4n) is 2.25. The summed E-state index contributed by atoms with van der Waals surface area (Å²) >= 11 is 0. The van der Waals surface area contributed by atoms with Crippen LogP contribution in [0.1, 0.15) is 30.7 Å². The van der Waals surface area contributed by atoms with Crippen LogP contribution in [0, 0.1) is 11.3 Å². The molecule has 5 heteroatoms. The van der Waals surface area contributed by atoms with E-state index in [9.17, 15) is 0 Å². The van der Waals surface area contributed by atoms with Crippen molar-refractivity contribution >= 4 is 11.5 Å². The molecule has 0 bridgehead atoms. The molecule has 116 valence electrons. The minimum absolute atomic E-state index is 0.0502. The van der Waals surface area contributed by atoms with Crippen LogP contribution in [0.4, 0.5) is 5.69 Å². The van der Waals surface area contributed by atoms with Crippen molar-refractivity contribution in [2.45, 2.75) is 26.9 Å². The number of amidine groups is 1. The summed E-state index contributed by atoms with van der Waals surface area (Å²) < 4.78 is 5.80. The van der Waals surface area contributed by atoms with Crippen LogP contribution in [0.3, 0.4) is 0 Å². The van der Waals surface area contributed by atoms with Crippen molar-refractivity contribution in [3.8, 4) is 5.75 Å². The van der Waals surface area contributed by atoms with E-state index >= 15 is 0 Å². The van der Waals surface area contributed by atoms with E-state index in [-0.39, 0.29) is 5.84 Å². The molecule has 5 N–H and O–H groups in total. The first-order valence-corrected chi connectivity index (χ1v) is 7.27. The van der Waals surface area contributed by atoms with Gasteiger partial charge in [-0.05, 0) is 42.2 Å². The molecule has 0 aliphatic heterocycles. The lowest BCUT2D eigenvalue weighted by Crippen LogP contribution is -2.15. The molecule has 0 spiro atoms. The molecular formula is C17H22N4O. The molecule has 1 aromatic carbocycles. The van der Waals surface area contributed by atoms with E-state index in [0.717, 1.165) is 17.7 Å². The zero-order valence-electron chi connectivity index (χ0n) is 13.0. The minimum Gasteiger partial charge on any atom is -0.485 e. The highest BCUT2D eigenvalue weighted by Crippen LogP contribution is 2.29. The summed E-state index contributed by atoms with van der Waals surface area (Å²) in [6.45, 7) is 4.60. The predicted molar refractivity (Wildman–Crippen MR) is 89.0 cm³/mol. The third-order valence-electron chi connectivity index (χ3n) is 3.24. The molecule has 22 heavy (non-hydrogen) atoms. The first-order valence-electron chi connectivity index (χ1n) is 7.27. The van der Waals surface area contributed by atoms with E-state index in [0.29, 0.717) is 29.5 Å². The van der Waals surface area contributed by atoms with Crippen molar-refractivity contribution in [3.63, 3.8) is 0 Å². The number of ether oxygens (including phenoxy) is 1. The Kier molecular flexibility index (Phi) is 4.99. The Labute approximate surface area is 130 Å². The Morgan fingerprint density at radius 1 is 1.32 bits per heavy atom. The molecule has 0 saturated carbocycles. The summed E-state index contributed by atoms with van der Waals surface area (Å²) in [4.78, 5) is 4.22. The standard InChI is InChI=1S/C17H22N4O/c1-11(2)7-12-8-14(17(19)20)16(18)15(9-12)22-10-13-5-3-4-6-21-13/h3-6,8-9,11H,7,10,18H2,1-2H3,(H3,19,20). The summed E-state index contributed by atoms with van der Waals surface area (Å²) in [5.74, 6) is 0.992. The van der Waals surface area contributed by atoms with E-state index < -0.39 is 0 Å². The normalized spacial score (nSPS) is 10.7. The van der Waals surface area contributed by atoms with Gasteiger partial charge in [-0.25, -0.2) is 0 Å². The quantitative estimate of drug-likeness (QED) is 0.434. The molecule has 5 nitrogen and oxygen atoms in total. The van der Waals surface area contributed by atoms with Crippen LogP contribution in [0.15, 0.2) is 36.5 Å². The van der Waals surface area contributed by atoms with Crippen molar-refractivity contribution in [1.82, 2.24) is 4.98 Å². The highest BCUT2D eigenvalue weighted by atomic mass is 16.5. The van der Waals surface area contributed by atoms with Crippen LogP contribution in [0.5, 0.6) is 5.75 Å². The molecule has 1 aromatic heterocycles. The van der Waals surface area contributed by atoms with Crippen molar-refractivity contribution in [1.29, 1.82) is 5.41 Å². The van der Waals surface area contributed by atoms with Gasteiger partial charge in [0.2, 0.25) is 0 Å². The van der Waals surface area contributed by atoms with E-state index in [2.05, 4.69) is 18.8 Å². The number of nitrogens with one attached hydrogen (secondary N) is 1. The molecule has 2 rings (SSSR count). The third kappa shape index (κ3) is 3.97. The van der Waals surface area contributed by atoms with Crippen LogP contribution >= 0.6 is 0 Å². The molecule has 0 aliphatic carbocycles. The van der Waals surface area contributed by atoms with Gasteiger partial charge in [-0.1, -0.05) is 19.9 Å². The maximum absolute atomic E-state index is 7.68. The Morgan fingerprint density at radius 2 is 2.09 bits per heavy atom. The number of benzene rings is 1. The van der Waals surface area contributed by atoms with Gasteiger partial charge < -0.3 is 16.2 Å². The van der Waals surface area contributed by atoms with Crippen LogP contribution in [-0.2, 0) is 13.0 Å². The zero-order valence-corrected chi connectivity index (χ0v) is 13.0. The number of pyridine rings is 1. The van der Waals surface area contributed by atoms with Crippen LogP contribution in [-0.4, -0.2) is 10.8 Å². The van der Waals surface area contributed by atoms with Crippen molar-refractivity contribution in [2.75, 3.05) is 5.73 Å². The van der Waals surface area contributed by atoms with E-state index in [1.165, 1.54) is 0 Å². The number of nitrogen functional groups attached to an aromatic ring is 2. The van der Waals surface area contributed by atoms with E-state index in [4.69, 9.17) is 21.6 Å². The fourth-order valence-corrected chi connectivity index (χ4v) is 2.25. The third-order valence-corrected chi connectivity index (χ3v) is 3.24. The lowest BCUT2D eigenvalue weighted by molar-refractivity contribution is 0.302. The van der Waals surface area contributed by atoms with Gasteiger partial charge in [-0.15, -0.1) is 0 Å². The average molecular weight is 298 g/mol. The number of hydrogen-bond donors (Lipinski definition) is 3. The van der Waals surface area contributed by atoms with Crippen LogP contribution in [0.2, 0.25) is 0 Å². The molecule has 1 heterocycles. The lowest BCUT2D eigenvalue weighted by Gasteiger charge is -2.15. The molecule has 0 saturated heterocycles. The Bertz CT molecular complexity index is 653. The maximum Gasteiger partial charge on any atom is 0.143 e. The summed E-state index contributed by atoms with van der Waals surface area (Å²) in [7, 11) is 0. The van der Waals surface area contributed by atoms with Gasteiger partial charge in [-0.2, -0.15) is 0 Å². The van der Waals surface area contributed by atoms with Gasteiger partial charge >= 0.3 is 0 Å². The molecule has 0 unspecified atom stereocenters. The maximum atomic E-state index is 7.68. The molecule has 0 fully saturated rings. The topological polar surface area (TPSA) is 98.0 Å². The lowest BCUT2D eigenvalue weighted by atomic mass is 9.99. The molecule has 0 aliphatic rings. The highest BCUT2D eigenvalue weighted by Gasteiger charge is 2.13. The molecule has 2 aromatic rings. The Hall–Kier alpha value is -2.56. The smallest absolute Gasteiger partial charge is 0.143 e. The van der Waals surface area contributed by atoms with Gasteiger partial charge in [0.15, 0.2) is 0 Å². The number of aromatic nitrogens is 1. The fraction of sp³-hybridized carbons (Fsp3) is 0.294. The second-order valence-corrected chi connectivity index (χ2v) is 5.68. The largest absolute Gasteiger partial charge is 0.485 e. The number of rotatable bonds is 6. The van der Waals surface area contributed by atoms with Gasteiger partial charge in [0, 0.05) is 11.8 Å². The molecule has 0 atom stereocenters. The van der Waals surface area contributed by atoms with Gasteiger partial charge in [0.25, 0.3) is 0 Å². The van der Waals surface area contributed by atoms with Gasteiger partial charge in [0.1, 0.15) is 18.2 Å². The summed E-state index contributed by atoms with van der Waals surface area (Å²) in [5.41, 5.74) is 14.5. The van der Waals surface area contributed by atoms with Crippen molar-refractivity contribution in [2.24, 2.45) is 11.7 Å². The second kappa shape index (κ2) is 6.93. The number of hydrogen-bond acceptors (Lipinski definition) is 4. The summed E-state index contributed by atoms with van der Waals surface area (Å²) in [6, 6.07) is 9.44. The molecular weight excluding hydrogens is 276 g/mol. The SMILES string of the molecule is CC(C)Cc1cc(OCc2ccccn2)c(N)c(C(=N)N)c1. The Balaban J connectivity index is 2.28. The molecule has 0 amide bonds. The Morgan fingerprint density at radius 3 is 2.68 bits per heavy atom. The van der Waals surface area contributed by atoms with E-state index in [1.807, 2.05) is 30.3 Å². The van der Waals surface area contributed by atoms with E-state index in [1.54, 1.807) is 6.20 Å². The van der Waals surface area contributed by atoms with Crippen LogP contribution < -0.4 is 16.2 Å². The van der Waals surface area contributed by atoms with Gasteiger partial charge in [0.05, 0.1) is 11.4 Å². The van der Waals surface area contributed by atoms with Crippen LogP contribution in [0.25, 0.3) is 0 Å². The van der Waals surface area contributed by atoms with Crippen molar-refractivity contribution in [3.05, 3.63) is 53.3 Å². The second-order valence-electron chi connectivity index (χ2n) is 5.68. The summed E-state index contributed by atoms with van der Waals surface area (Å²) in [6.07, 6.45) is 2.60. The first-order chi connectivity index (χ1) is 10.5. The number of nitrogens with two attached hydrogens (primary N) is 2. The van der Waals surface area contributed by atoms with Gasteiger partial charge in [-0.3, -0.25) is 10.4 Å². The summed E-state index contributed by atoms with van der Waals surface area (Å²) in [5, 5.41) is 7.68. The monoisotopic (exact) mass is 298 g/mol.